The summed E-state index contributed by atoms with van der Waals surface area (Å²) in [6.45, 7) is 5.25. The molecular formula is C14H21N5O2S2. The van der Waals surface area contributed by atoms with Gasteiger partial charge in [0, 0.05) is 42.9 Å². The molecule has 3 rings (SSSR count). The lowest BCUT2D eigenvalue weighted by atomic mass is 10.2. The molecule has 3 heterocycles. The van der Waals surface area contributed by atoms with Gasteiger partial charge in [0.05, 0.1) is 6.33 Å². The van der Waals surface area contributed by atoms with Crippen LogP contribution in [0.15, 0.2) is 29.1 Å². The SMILES string of the molecule is CC(C)n1cnc(S(=O)(=O)NCC2CCCN2c2nccs2)c1. The summed E-state index contributed by atoms with van der Waals surface area (Å²) in [6, 6.07) is 0.324. The number of sulfonamides is 1. The van der Waals surface area contributed by atoms with Crippen LogP contribution in [-0.2, 0) is 10.0 Å². The first-order chi connectivity index (χ1) is 11.0. The second-order valence-electron chi connectivity index (χ2n) is 5.91. The van der Waals surface area contributed by atoms with E-state index in [1.807, 2.05) is 19.2 Å². The summed E-state index contributed by atoms with van der Waals surface area (Å²) in [5, 5.41) is 2.97. The van der Waals surface area contributed by atoms with Crippen molar-refractivity contribution in [1.29, 1.82) is 0 Å². The minimum atomic E-state index is -3.58. The zero-order chi connectivity index (χ0) is 16.4. The fourth-order valence-electron chi connectivity index (χ4n) is 2.68. The van der Waals surface area contributed by atoms with Crippen molar-refractivity contribution in [3.05, 3.63) is 24.1 Å². The molecule has 23 heavy (non-hydrogen) atoms. The molecule has 7 nitrogen and oxygen atoms in total. The Bertz CT molecular complexity index is 739. The van der Waals surface area contributed by atoms with Crippen molar-refractivity contribution in [2.75, 3.05) is 18.0 Å². The monoisotopic (exact) mass is 355 g/mol. The van der Waals surface area contributed by atoms with Gasteiger partial charge in [-0.15, -0.1) is 11.3 Å². The lowest BCUT2D eigenvalue weighted by molar-refractivity contribution is 0.563. The number of imidazole rings is 1. The first-order valence-corrected chi connectivity index (χ1v) is 10.0. The number of hydrogen-bond acceptors (Lipinski definition) is 6. The maximum absolute atomic E-state index is 12.4. The van der Waals surface area contributed by atoms with Crippen molar-refractivity contribution < 1.29 is 8.42 Å². The second-order valence-corrected chi connectivity index (χ2v) is 8.50. The molecule has 2 aromatic heterocycles. The lowest BCUT2D eigenvalue weighted by Gasteiger charge is -2.23. The van der Waals surface area contributed by atoms with Crippen LogP contribution in [0.3, 0.4) is 0 Å². The van der Waals surface area contributed by atoms with Gasteiger partial charge in [-0.2, -0.15) is 0 Å². The Balaban J connectivity index is 1.66. The first-order valence-electron chi connectivity index (χ1n) is 7.66. The van der Waals surface area contributed by atoms with E-state index in [0.29, 0.717) is 6.54 Å². The summed E-state index contributed by atoms with van der Waals surface area (Å²) in [6.07, 6.45) is 6.91. The van der Waals surface area contributed by atoms with Crippen LogP contribution in [0.25, 0.3) is 0 Å². The van der Waals surface area contributed by atoms with Gasteiger partial charge in [0.2, 0.25) is 0 Å². The van der Waals surface area contributed by atoms with Crippen LogP contribution in [-0.4, -0.2) is 42.1 Å². The minimum Gasteiger partial charge on any atom is -0.344 e. The molecule has 0 radical (unpaired) electrons. The molecule has 0 spiro atoms. The summed E-state index contributed by atoms with van der Waals surface area (Å²) in [5.74, 6) is 0. The average Bonchev–Trinajstić information content (AvgIpc) is 3.23. The van der Waals surface area contributed by atoms with Crippen molar-refractivity contribution in [2.24, 2.45) is 0 Å². The predicted molar refractivity (Wildman–Crippen MR) is 90.3 cm³/mol. The zero-order valence-electron chi connectivity index (χ0n) is 13.2. The maximum Gasteiger partial charge on any atom is 0.259 e. The fraction of sp³-hybridized carbons (Fsp3) is 0.571. The van der Waals surface area contributed by atoms with Gasteiger partial charge < -0.3 is 9.47 Å². The highest BCUT2D eigenvalue weighted by molar-refractivity contribution is 7.89. The number of hydrogen-bond donors (Lipinski definition) is 1. The standard InChI is InChI=1S/C14H21N5O2S2/c1-11(2)18-9-13(16-10-18)23(20,21)17-8-12-4-3-6-19(12)14-15-5-7-22-14/h5,7,9-12,17H,3-4,6,8H2,1-2H3. The highest BCUT2D eigenvalue weighted by Gasteiger charge is 2.28. The molecule has 1 aliphatic rings. The molecular weight excluding hydrogens is 334 g/mol. The van der Waals surface area contributed by atoms with Crippen LogP contribution < -0.4 is 9.62 Å². The van der Waals surface area contributed by atoms with Crippen LogP contribution in [0.2, 0.25) is 0 Å². The van der Waals surface area contributed by atoms with E-state index in [0.717, 1.165) is 24.5 Å². The summed E-state index contributed by atoms with van der Waals surface area (Å²) >= 11 is 1.58. The Kier molecular flexibility index (Phi) is 4.69. The summed E-state index contributed by atoms with van der Waals surface area (Å²) in [4.78, 5) is 10.5. The zero-order valence-corrected chi connectivity index (χ0v) is 14.8. The maximum atomic E-state index is 12.4. The van der Waals surface area contributed by atoms with E-state index in [4.69, 9.17) is 0 Å². The van der Waals surface area contributed by atoms with Gasteiger partial charge in [-0.3, -0.25) is 0 Å². The second kappa shape index (κ2) is 6.58. The third-order valence-electron chi connectivity index (χ3n) is 4.00. The molecule has 9 heteroatoms. The van der Waals surface area contributed by atoms with Crippen molar-refractivity contribution >= 4 is 26.5 Å². The van der Waals surface area contributed by atoms with Crippen molar-refractivity contribution in [1.82, 2.24) is 19.3 Å². The highest BCUT2D eigenvalue weighted by atomic mass is 32.2. The molecule has 126 valence electrons. The third-order valence-corrected chi connectivity index (χ3v) is 6.12. The van der Waals surface area contributed by atoms with Gasteiger partial charge >= 0.3 is 0 Å². The van der Waals surface area contributed by atoms with Crippen LogP contribution in [0.4, 0.5) is 5.13 Å². The van der Waals surface area contributed by atoms with Gasteiger partial charge in [-0.1, -0.05) is 0 Å². The van der Waals surface area contributed by atoms with Crippen molar-refractivity contribution in [3.8, 4) is 0 Å². The van der Waals surface area contributed by atoms with Crippen LogP contribution in [0, 0.1) is 0 Å². The topological polar surface area (TPSA) is 80.1 Å². The van der Waals surface area contributed by atoms with E-state index in [1.54, 1.807) is 34.6 Å². The van der Waals surface area contributed by atoms with Gasteiger partial charge in [0.15, 0.2) is 10.2 Å². The Labute approximate surface area is 140 Å². The van der Waals surface area contributed by atoms with E-state index in [1.165, 1.54) is 0 Å². The summed E-state index contributed by atoms with van der Waals surface area (Å²) < 4.78 is 29.3. The average molecular weight is 355 g/mol. The highest BCUT2D eigenvalue weighted by Crippen LogP contribution is 2.27. The van der Waals surface area contributed by atoms with Gasteiger partial charge in [0.1, 0.15) is 0 Å². The normalized spacial score (nSPS) is 18.9. The van der Waals surface area contributed by atoms with E-state index in [9.17, 15) is 8.42 Å². The Morgan fingerprint density at radius 1 is 1.43 bits per heavy atom. The molecule has 1 fully saturated rings. The largest absolute Gasteiger partial charge is 0.344 e. The number of nitrogens with one attached hydrogen (secondary N) is 1. The number of thiazole rings is 1. The van der Waals surface area contributed by atoms with E-state index in [2.05, 4.69) is 19.6 Å². The summed E-state index contributed by atoms with van der Waals surface area (Å²) in [5.41, 5.74) is 0. The predicted octanol–water partition coefficient (Wildman–Crippen LogP) is 1.87. The molecule has 0 aliphatic carbocycles. The van der Waals surface area contributed by atoms with E-state index >= 15 is 0 Å². The number of rotatable bonds is 6. The van der Waals surface area contributed by atoms with Crippen LogP contribution in [0.5, 0.6) is 0 Å². The Morgan fingerprint density at radius 2 is 2.26 bits per heavy atom. The molecule has 1 N–H and O–H groups in total. The minimum absolute atomic E-state index is 0.0741. The number of anilines is 1. The molecule has 0 saturated carbocycles. The molecule has 1 saturated heterocycles. The smallest absolute Gasteiger partial charge is 0.259 e. The fourth-order valence-corrected chi connectivity index (χ4v) is 4.42. The van der Waals surface area contributed by atoms with Crippen molar-refractivity contribution in [2.45, 2.75) is 43.8 Å². The molecule has 2 aromatic rings. The summed E-state index contributed by atoms with van der Waals surface area (Å²) in [7, 11) is -3.58. The Morgan fingerprint density at radius 3 is 2.91 bits per heavy atom. The van der Waals surface area contributed by atoms with Gasteiger partial charge in [0.25, 0.3) is 10.0 Å². The third kappa shape index (κ3) is 3.56. The van der Waals surface area contributed by atoms with E-state index in [-0.39, 0.29) is 17.1 Å². The number of aromatic nitrogens is 3. The van der Waals surface area contributed by atoms with Crippen LogP contribution in [0.1, 0.15) is 32.7 Å². The van der Waals surface area contributed by atoms with Crippen LogP contribution >= 0.6 is 11.3 Å². The quantitative estimate of drug-likeness (QED) is 0.856. The first kappa shape index (κ1) is 16.4. The number of nitrogens with zero attached hydrogens (tertiary/aromatic N) is 4. The molecule has 0 amide bonds. The molecule has 1 atom stereocenters. The van der Waals surface area contributed by atoms with Gasteiger partial charge in [-0.05, 0) is 26.7 Å². The van der Waals surface area contributed by atoms with E-state index < -0.39 is 10.0 Å². The van der Waals surface area contributed by atoms with Crippen molar-refractivity contribution in [3.63, 3.8) is 0 Å². The molecule has 1 aliphatic heterocycles. The molecule has 0 bridgehead atoms. The Hall–Kier alpha value is -1.45. The molecule has 1 unspecified atom stereocenters. The lowest BCUT2D eigenvalue weighted by Crippen LogP contribution is -2.40. The molecule has 0 aromatic carbocycles. The van der Waals surface area contributed by atoms with Gasteiger partial charge in [-0.25, -0.2) is 23.1 Å².